The molecule has 6 heteroatoms. The summed E-state index contributed by atoms with van der Waals surface area (Å²) in [6.45, 7) is 6.52. The van der Waals surface area contributed by atoms with Crippen LogP contribution in [0.15, 0.2) is 97.2 Å². The van der Waals surface area contributed by atoms with Crippen molar-refractivity contribution in [1.29, 1.82) is 0 Å². The van der Waals surface area contributed by atoms with Crippen molar-refractivity contribution in [2.75, 3.05) is 13.2 Å². The Balaban J connectivity index is 4.52. The molecular formula is C63H106O6. The van der Waals surface area contributed by atoms with E-state index in [2.05, 4.69) is 118 Å². The summed E-state index contributed by atoms with van der Waals surface area (Å²) in [7, 11) is 0. The summed E-state index contributed by atoms with van der Waals surface area (Å²) < 4.78 is 16.8. The predicted molar refractivity (Wildman–Crippen MR) is 297 cm³/mol. The Hall–Kier alpha value is -3.67. The molecule has 0 spiro atoms. The van der Waals surface area contributed by atoms with Crippen LogP contribution in [-0.4, -0.2) is 37.2 Å². The van der Waals surface area contributed by atoms with E-state index in [1.165, 1.54) is 122 Å². The van der Waals surface area contributed by atoms with Crippen LogP contribution in [0.2, 0.25) is 0 Å². The molecule has 0 aromatic heterocycles. The van der Waals surface area contributed by atoms with Crippen LogP contribution in [0.25, 0.3) is 0 Å². The predicted octanol–water partition coefficient (Wildman–Crippen LogP) is 19.3. The van der Waals surface area contributed by atoms with E-state index in [1.807, 2.05) is 0 Å². The first-order valence-corrected chi connectivity index (χ1v) is 28.7. The quantitative estimate of drug-likeness (QED) is 0.0262. The number of allylic oxidation sites excluding steroid dienone is 16. The standard InChI is InChI=1S/C63H106O6/c1-4-7-10-13-16-19-22-25-28-31-34-37-40-43-46-49-52-55-61(64)67-58-60(69-63(66)57-54-51-48-45-42-39-36-33-30-27-24-21-18-15-12-9-6-3)59-68-62(65)56-53-50-47-44-41-38-35-32-29-26-23-20-17-14-11-8-5-2/h16-17,19-20,25-30,34,36-37,39,45,48,60H,4-15,18,21-24,31-33,35,38,40-44,46-47,49-59H2,1-3H3/b19-16-,20-17-,28-25-,29-26-,30-27-,37-34-,39-36-,48-45-/t60-/m1/s1. The van der Waals surface area contributed by atoms with Gasteiger partial charge in [-0.05, 0) is 122 Å². The molecule has 0 aliphatic carbocycles. The highest BCUT2D eigenvalue weighted by Crippen LogP contribution is 2.13. The fourth-order valence-electron chi connectivity index (χ4n) is 7.67. The van der Waals surface area contributed by atoms with Crippen molar-refractivity contribution >= 4 is 17.9 Å². The monoisotopic (exact) mass is 959 g/mol. The number of rotatable bonds is 51. The molecule has 0 N–H and O–H groups in total. The van der Waals surface area contributed by atoms with Gasteiger partial charge in [-0.2, -0.15) is 0 Å². The van der Waals surface area contributed by atoms with E-state index in [0.717, 1.165) is 96.3 Å². The number of carbonyl (C=O) groups is 3. The normalized spacial score (nSPS) is 12.8. The van der Waals surface area contributed by atoms with E-state index in [4.69, 9.17) is 14.2 Å². The van der Waals surface area contributed by atoms with Crippen LogP contribution in [0.3, 0.4) is 0 Å². The van der Waals surface area contributed by atoms with E-state index < -0.39 is 6.10 Å². The third kappa shape index (κ3) is 55.1. The SMILES string of the molecule is CCCCC/C=C\C/C=C\C/C=C\CCCCCCC(=O)OC[C@H](COC(=O)CCCCCCCCC/C=C\C/C=C\CCCCC)OC(=O)CCC/C=C\C/C=C\C/C=C\CCCCCCCC. The third-order valence-corrected chi connectivity index (χ3v) is 12.0. The Labute approximate surface area is 426 Å². The van der Waals surface area contributed by atoms with E-state index in [9.17, 15) is 14.4 Å². The molecule has 0 radical (unpaired) electrons. The fraction of sp³-hybridized carbons (Fsp3) is 0.698. The van der Waals surface area contributed by atoms with Crippen molar-refractivity contribution in [3.8, 4) is 0 Å². The molecule has 0 rings (SSSR count). The highest BCUT2D eigenvalue weighted by molar-refractivity contribution is 5.71. The van der Waals surface area contributed by atoms with Gasteiger partial charge in [0.15, 0.2) is 6.10 Å². The van der Waals surface area contributed by atoms with Gasteiger partial charge in [0.25, 0.3) is 0 Å². The summed E-state index contributed by atoms with van der Waals surface area (Å²) in [5.74, 6) is -0.990. The summed E-state index contributed by atoms with van der Waals surface area (Å²) >= 11 is 0. The largest absolute Gasteiger partial charge is 0.462 e. The second-order valence-corrected chi connectivity index (χ2v) is 18.8. The minimum absolute atomic E-state index is 0.110. The van der Waals surface area contributed by atoms with Gasteiger partial charge in [-0.1, -0.05) is 221 Å². The number of hydrogen-bond donors (Lipinski definition) is 0. The van der Waals surface area contributed by atoms with E-state index in [0.29, 0.717) is 19.3 Å². The van der Waals surface area contributed by atoms with Crippen molar-refractivity contribution in [1.82, 2.24) is 0 Å². The molecule has 0 bridgehead atoms. The summed E-state index contributed by atoms with van der Waals surface area (Å²) in [6, 6.07) is 0. The van der Waals surface area contributed by atoms with Crippen LogP contribution >= 0.6 is 0 Å². The fourth-order valence-corrected chi connectivity index (χ4v) is 7.67. The smallest absolute Gasteiger partial charge is 0.306 e. The first kappa shape index (κ1) is 65.3. The molecule has 0 aromatic rings. The molecule has 0 amide bonds. The molecule has 0 aliphatic rings. The van der Waals surface area contributed by atoms with Crippen LogP contribution in [0.4, 0.5) is 0 Å². The topological polar surface area (TPSA) is 78.9 Å². The molecular weight excluding hydrogens is 853 g/mol. The van der Waals surface area contributed by atoms with E-state index in [-0.39, 0.29) is 37.5 Å². The van der Waals surface area contributed by atoms with Crippen molar-refractivity contribution in [2.24, 2.45) is 0 Å². The zero-order chi connectivity index (χ0) is 50.0. The molecule has 69 heavy (non-hydrogen) atoms. The van der Waals surface area contributed by atoms with Crippen molar-refractivity contribution in [3.05, 3.63) is 97.2 Å². The summed E-state index contributed by atoms with van der Waals surface area (Å²) in [6.07, 6.45) is 75.4. The number of carbonyl (C=O) groups excluding carboxylic acids is 3. The Kier molecular flexibility index (Phi) is 53.9. The Morgan fingerprint density at radius 1 is 0.290 bits per heavy atom. The van der Waals surface area contributed by atoms with Crippen molar-refractivity contribution in [3.63, 3.8) is 0 Å². The summed E-state index contributed by atoms with van der Waals surface area (Å²) in [5, 5.41) is 0. The zero-order valence-corrected chi connectivity index (χ0v) is 45.0. The van der Waals surface area contributed by atoms with E-state index >= 15 is 0 Å². The maximum Gasteiger partial charge on any atom is 0.306 e. The Bertz CT molecular complexity index is 1380. The van der Waals surface area contributed by atoms with Crippen LogP contribution in [0.1, 0.15) is 265 Å². The third-order valence-electron chi connectivity index (χ3n) is 12.0. The van der Waals surface area contributed by atoms with Gasteiger partial charge in [-0.3, -0.25) is 14.4 Å². The summed E-state index contributed by atoms with van der Waals surface area (Å²) in [5.41, 5.74) is 0. The first-order chi connectivity index (χ1) is 34.0. The second kappa shape index (κ2) is 56.9. The zero-order valence-electron chi connectivity index (χ0n) is 45.0. The molecule has 394 valence electrons. The number of ether oxygens (including phenoxy) is 3. The second-order valence-electron chi connectivity index (χ2n) is 18.8. The number of esters is 3. The maximum absolute atomic E-state index is 12.8. The van der Waals surface area contributed by atoms with Gasteiger partial charge in [0.05, 0.1) is 0 Å². The molecule has 0 aromatic carbocycles. The number of unbranched alkanes of at least 4 members (excludes halogenated alkanes) is 24. The molecule has 0 aliphatic heterocycles. The van der Waals surface area contributed by atoms with Crippen LogP contribution in [0, 0.1) is 0 Å². The highest BCUT2D eigenvalue weighted by atomic mass is 16.6. The van der Waals surface area contributed by atoms with Gasteiger partial charge in [-0.15, -0.1) is 0 Å². The lowest BCUT2D eigenvalue weighted by molar-refractivity contribution is -0.167. The highest BCUT2D eigenvalue weighted by Gasteiger charge is 2.19. The van der Waals surface area contributed by atoms with E-state index in [1.54, 1.807) is 0 Å². The molecule has 0 saturated carbocycles. The van der Waals surface area contributed by atoms with Gasteiger partial charge >= 0.3 is 17.9 Å². The molecule has 0 heterocycles. The van der Waals surface area contributed by atoms with Gasteiger partial charge in [0.1, 0.15) is 13.2 Å². The molecule has 0 unspecified atom stereocenters. The first-order valence-electron chi connectivity index (χ1n) is 28.7. The van der Waals surface area contributed by atoms with Crippen LogP contribution in [-0.2, 0) is 28.6 Å². The molecule has 0 fully saturated rings. The van der Waals surface area contributed by atoms with Crippen molar-refractivity contribution in [2.45, 2.75) is 271 Å². The summed E-state index contributed by atoms with van der Waals surface area (Å²) in [4.78, 5) is 38.1. The Morgan fingerprint density at radius 2 is 0.536 bits per heavy atom. The average Bonchev–Trinajstić information content (AvgIpc) is 3.35. The lowest BCUT2D eigenvalue weighted by Crippen LogP contribution is -2.30. The molecule has 6 nitrogen and oxygen atoms in total. The van der Waals surface area contributed by atoms with Crippen molar-refractivity contribution < 1.29 is 28.6 Å². The minimum Gasteiger partial charge on any atom is -0.462 e. The Morgan fingerprint density at radius 3 is 0.884 bits per heavy atom. The molecule has 0 saturated heterocycles. The minimum atomic E-state index is -0.818. The molecule has 1 atom stereocenters. The average molecular weight is 960 g/mol. The number of hydrogen-bond acceptors (Lipinski definition) is 6. The van der Waals surface area contributed by atoms with Gasteiger partial charge < -0.3 is 14.2 Å². The van der Waals surface area contributed by atoms with Gasteiger partial charge in [0.2, 0.25) is 0 Å². The lowest BCUT2D eigenvalue weighted by Gasteiger charge is -2.18. The van der Waals surface area contributed by atoms with Crippen LogP contribution in [0.5, 0.6) is 0 Å². The van der Waals surface area contributed by atoms with Gasteiger partial charge in [0, 0.05) is 19.3 Å². The van der Waals surface area contributed by atoms with Gasteiger partial charge in [-0.25, -0.2) is 0 Å². The maximum atomic E-state index is 12.8. The van der Waals surface area contributed by atoms with Crippen LogP contribution < -0.4 is 0 Å². The lowest BCUT2D eigenvalue weighted by atomic mass is 10.1.